The average molecular weight is 242 g/mol. The summed E-state index contributed by atoms with van der Waals surface area (Å²) >= 11 is 0. The molecule has 2 N–H and O–H groups in total. The number of hydrogen-bond donors (Lipinski definition) is 2. The molecule has 1 heterocycles. The van der Waals surface area contributed by atoms with Gasteiger partial charge in [0, 0.05) is 0 Å². The van der Waals surface area contributed by atoms with Gasteiger partial charge in [-0.25, -0.2) is 10.2 Å². The molecule has 0 aliphatic rings. The van der Waals surface area contributed by atoms with E-state index in [4.69, 9.17) is 9.94 Å². The fourth-order valence-electron chi connectivity index (χ4n) is 0.870. The third kappa shape index (κ3) is 4.60. The quantitative estimate of drug-likeness (QED) is 0.709. The molecule has 1 amide bonds. The lowest BCUT2D eigenvalue weighted by Crippen LogP contribution is -2.33. The van der Waals surface area contributed by atoms with Crippen molar-refractivity contribution in [3.63, 3.8) is 0 Å². The van der Waals surface area contributed by atoms with E-state index in [0.29, 0.717) is 0 Å². The molecule has 94 valence electrons. The summed E-state index contributed by atoms with van der Waals surface area (Å²) in [7, 11) is 0. The summed E-state index contributed by atoms with van der Waals surface area (Å²) in [5.74, 6) is -1.63. The summed E-state index contributed by atoms with van der Waals surface area (Å²) < 4.78 is 1.05. The number of carboxylic acid groups (broad SMARTS) is 1. The van der Waals surface area contributed by atoms with Crippen molar-refractivity contribution in [2.45, 2.75) is 32.9 Å². The molecule has 1 aromatic heterocycles. The maximum Gasteiger partial charge on any atom is 0.325 e. The van der Waals surface area contributed by atoms with Crippen LogP contribution in [0.25, 0.3) is 0 Å². The van der Waals surface area contributed by atoms with Crippen LogP contribution in [0, 0.1) is 0 Å². The Morgan fingerprint density at radius 1 is 1.53 bits per heavy atom. The molecule has 0 radical (unpaired) electrons. The fourth-order valence-corrected chi connectivity index (χ4v) is 0.870. The largest absolute Gasteiger partial charge is 0.480 e. The minimum atomic E-state index is -1.06. The zero-order valence-corrected chi connectivity index (χ0v) is 9.80. The van der Waals surface area contributed by atoms with Crippen LogP contribution >= 0.6 is 0 Å². The zero-order chi connectivity index (χ0) is 13.1. The lowest BCUT2D eigenvalue weighted by Gasteiger charge is -2.18. The lowest BCUT2D eigenvalue weighted by atomic mass is 10.2. The number of amides is 1. The summed E-state index contributed by atoms with van der Waals surface area (Å²) in [6, 6.07) is 0. The van der Waals surface area contributed by atoms with E-state index in [1.165, 1.54) is 6.20 Å². The van der Waals surface area contributed by atoms with E-state index in [0.717, 1.165) is 4.68 Å². The molecule has 1 aromatic rings. The molecule has 0 aliphatic heterocycles. The summed E-state index contributed by atoms with van der Waals surface area (Å²) in [6.07, 6.45) is 1.23. The monoisotopic (exact) mass is 242 g/mol. The molecule has 0 atom stereocenters. The first-order valence-corrected chi connectivity index (χ1v) is 4.88. The maximum atomic E-state index is 11.5. The molecule has 0 bridgehead atoms. The van der Waals surface area contributed by atoms with Crippen LogP contribution in [0.2, 0.25) is 0 Å². The van der Waals surface area contributed by atoms with Gasteiger partial charge in [-0.3, -0.25) is 14.4 Å². The van der Waals surface area contributed by atoms with E-state index >= 15 is 0 Å². The van der Waals surface area contributed by atoms with Crippen molar-refractivity contribution < 1.29 is 19.5 Å². The summed E-state index contributed by atoms with van der Waals surface area (Å²) in [4.78, 5) is 26.9. The molecular weight excluding hydrogens is 228 g/mol. The van der Waals surface area contributed by atoms with E-state index in [1.54, 1.807) is 20.8 Å². The molecule has 8 nitrogen and oxygen atoms in total. The van der Waals surface area contributed by atoms with Gasteiger partial charge in [-0.1, -0.05) is 5.21 Å². The minimum Gasteiger partial charge on any atom is -0.480 e. The van der Waals surface area contributed by atoms with Crippen molar-refractivity contribution in [3.8, 4) is 0 Å². The van der Waals surface area contributed by atoms with Crippen molar-refractivity contribution >= 4 is 11.9 Å². The van der Waals surface area contributed by atoms with Crippen LogP contribution in [0.15, 0.2) is 6.20 Å². The Labute approximate surface area is 97.5 Å². The smallest absolute Gasteiger partial charge is 0.325 e. The number of carbonyl (C=O) groups is 2. The first kappa shape index (κ1) is 13.1. The van der Waals surface area contributed by atoms with Gasteiger partial charge >= 0.3 is 5.97 Å². The number of hydroxylamine groups is 1. The van der Waals surface area contributed by atoms with Crippen LogP contribution in [0.1, 0.15) is 31.3 Å². The Morgan fingerprint density at radius 3 is 2.71 bits per heavy atom. The van der Waals surface area contributed by atoms with Crippen LogP contribution < -0.4 is 5.48 Å². The molecule has 17 heavy (non-hydrogen) atoms. The normalized spacial score (nSPS) is 11.2. The molecule has 8 heteroatoms. The van der Waals surface area contributed by atoms with E-state index in [1.807, 2.05) is 0 Å². The molecule has 0 unspecified atom stereocenters. The summed E-state index contributed by atoms with van der Waals surface area (Å²) in [5, 5.41) is 15.5. The van der Waals surface area contributed by atoms with E-state index in [2.05, 4.69) is 15.8 Å². The van der Waals surface area contributed by atoms with E-state index in [-0.39, 0.29) is 12.2 Å². The maximum absolute atomic E-state index is 11.5. The van der Waals surface area contributed by atoms with Gasteiger partial charge in [-0.2, -0.15) is 0 Å². The van der Waals surface area contributed by atoms with E-state index < -0.39 is 17.5 Å². The number of carboxylic acids is 1. The molecule has 0 fully saturated rings. The highest BCUT2D eigenvalue weighted by Crippen LogP contribution is 2.04. The Balaban J connectivity index is 2.58. The van der Waals surface area contributed by atoms with Crippen molar-refractivity contribution in [2.75, 3.05) is 0 Å². The van der Waals surface area contributed by atoms with Crippen molar-refractivity contribution in [2.24, 2.45) is 0 Å². The van der Waals surface area contributed by atoms with Gasteiger partial charge in [-0.05, 0) is 20.8 Å². The van der Waals surface area contributed by atoms with Crippen LogP contribution in [-0.2, 0) is 16.2 Å². The van der Waals surface area contributed by atoms with Gasteiger partial charge < -0.3 is 5.11 Å². The average Bonchev–Trinajstić information content (AvgIpc) is 2.60. The first-order valence-electron chi connectivity index (χ1n) is 4.88. The zero-order valence-electron chi connectivity index (χ0n) is 9.80. The van der Waals surface area contributed by atoms with Crippen LogP contribution in [0.5, 0.6) is 0 Å². The molecule has 0 spiro atoms. The second kappa shape index (κ2) is 4.91. The predicted octanol–water partition coefficient (Wildman–Crippen LogP) is -0.177. The second-order valence-electron chi connectivity index (χ2n) is 4.34. The fraction of sp³-hybridized carbons (Fsp3) is 0.556. The Morgan fingerprint density at radius 2 is 2.18 bits per heavy atom. The van der Waals surface area contributed by atoms with Gasteiger partial charge in [0.05, 0.1) is 11.8 Å². The Bertz CT molecular complexity index is 421. The number of nitrogens with zero attached hydrogens (tertiary/aromatic N) is 3. The minimum absolute atomic E-state index is 0.00417. The molecular formula is C9H14N4O4. The number of carbonyl (C=O) groups excluding carboxylic acids is 1. The number of nitrogens with one attached hydrogen (secondary N) is 1. The third-order valence-electron chi connectivity index (χ3n) is 1.52. The highest BCUT2D eigenvalue weighted by atomic mass is 16.7. The summed E-state index contributed by atoms with van der Waals surface area (Å²) in [6.45, 7) is 4.97. The highest BCUT2D eigenvalue weighted by molar-refractivity contribution is 5.91. The van der Waals surface area contributed by atoms with E-state index in [9.17, 15) is 9.59 Å². The first-order chi connectivity index (χ1) is 7.78. The predicted molar refractivity (Wildman–Crippen MR) is 56.0 cm³/mol. The second-order valence-corrected chi connectivity index (χ2v) is 4.34. The number of aliphatic carboxylic acids is 1. The topological polar surface area (TPSA) is 106 Å². The molecule has 0 saturated heterocycles. The molecule has 0 aliphatic carbocycles. The summed E-state index contributed by atoms with van der Waals surface area (Å²) in [5.41, 5.74) is 1.68. The number of rotatable bonds is 4. The molecule has 1 rings (SSSR count). The van der Waals surface area contributed by atoms with Gasteiger partial charge in [0.2, 0.25) is 0 Å². The third-order valence-corrected chi connectivity index (χ3v) is 1.52. The van der Waals surface area contributed by atoms with Gasteiger partial charge in [0.15, 0.2) is 5.69 Å². The van der Waals surface area contributed by atoms with Crippen molar-refractivity contribution in [1.82, 2.24) is 20.5 Å². The number of aromatic nitrogens is 3. The number of hydrogen-bond acceptors (Lipinski definition) is 5. The van der Waals surface area contributed by atoms with Crippen LogP contribution in [-0.4, -0.2) is 37.6 Å². The molecule has 0 aromatic carbocycles. The highest BCUT2D eigenvalue weighted by Gasteiger charge is 2.16. The molecule has 0 saturated carbocycles. The lowest BCUT2D eigenvalue weighted by molar-refractivity contribution is -0.137. The Hall–Kier alpha value is -1.96. The standard InChI is InChI=1S/C9H14N4O4/c1-9(2,3)17-11-8(16)6-4-13(12-10-6)5-7(14)15/h4H,5H2,1-3H3,(H,11,16)(H,14,15). The van der Waals surface area contributed by atoms with Gasteiger partial charge in [0.25, 0.3) is 5.91 Å². The Kier molecular flexibility index (Phi) is 3.79. The van der Waals surface area contributed by atoms with Crippen LogP contribution in [0.3, 0.4) is 0 Å². The van der Waals surface area contributed by atoms with Crippen molar-refractivity contribution in [1.29, 1.82) is 0 Å². The van der Waals surface area contributed by atoms with Gasteiger partial charge in [-0.15, -0.1) is 5.10 Å². The SMILES string of the molecule is CC(C)(C)ONC(=O)c1cn(CC(=O)O)nn1. The van der Waals surface area contributed by atoms with Gasteiger partial charge in [0.1, 0.15) is 6.54 Å². The van der Waals surface area contributed by atoms with Crippen LogP contribution in [0.4, 0.5) is 0 Å². The van der Waals surface area contributed by atoms with Crippen molar-refractivity contribution in [3.05, 3.63) is 11.9 Å².